The Kier molecular flexibility index (Phi) is 10.4. The summed E-state index contributed by atoms with van der Waals surface area (Å²) >= 11 is 0. The average molecular weight is 475 g/mol. The van der Waals surface area contributed by atoms with E-state index in [1.165, 1.54) is 0 Å². The van der Waals surface area contributed by atoms with Gasteiger partial charge in [0.2, 0.25) is 0 Å². The summed E-state index contributed by atoms with van der Waals surface area (Å²) in [6, 6.07) is 7.28. The molecule has 0 atom stereocenters. The lowest BCUT2D eigenvalue weighted by atomic mass is 9.97. The number of ether oxygens (including phenoxy) is 1. The largest absolute Gasteiger partial charge is 0.508 e. The summed E-state index contributed by atoms with van der Waals surface area (Å²) in [6.45, 7) is 7.42. The SMILES string of the molecule is CCNC(=NCCc1cccc(O)c1)N1CCC(C(=O)OCC)CC1.I. The molecular formula is C19H30IN3O3. The Morgan fingerprint density at radius 1 is 1.35 bits per heavy atom. The smallest absolute Gasteiger partial charge is 0.309 e. The molecule has 1 heterocycles. The fourth-order valence-corrected chi connectivity index (χ4v) is 3.02. The summed E-state index contributed by atoms with van der Waals surface area (Å²) in [6.07, 6.45) is 2.38. The second kappa shape index (κ2) is 12.0. The lowest BCUT2D eigenvalue weighted by Crippen LogP contribution is -2.46. The first kappa shape index (κ1) is 22.5. The Morgan fingerprint density at radius 2 is 2.08 bits per heavy atom. The van der Waals surface area contributed by atoms with E-state index >= 15 is 0 Å². The van der Waals surface area contributed by atoms with Gasteiger partial charge < -0.3 is 20.1 Å². The summed E-state index contributed by atoms with van der Waals surface area (Å²) in [5.74, 6) is 1.11. The summed E-state index contributed by atoms with van der Waals surface area (Å²) in [5, 5.41) is 12.9. The number of benzene rings is 1. The number of rotatable bonds is 6. The van der Waals surface area contributed by atoms with Crippen LogP contribution in [0.15, 0.2) is 29.3 Å². The monoisotopic (exact) mass is 475 g/mol. The van der Waals surface area contributed by atoms with Gasteiger partial charge in [-0.05, 0) is 50.8 Å². The predicted molar refractivity (Wildman–Crippen MR) is 114 cm³/mol. The number of hydrogen-bond donors (Lipinski definition) is 2. The van der Waals surface area contributed by atoms with Crippen LogP contribution in [0.25, 0.3) is 0 Å². The van der Waals surface area contributed by atoms with Crippen LogP contribution in [0.5, 0.6) is 5.75 Å². The molecule has 7 heteroatoms. The van der Waals surface area contributed by atoms with Gasteiger partial charge in [0.25, 0.3) is 0 Å². The maximum Gasteiger partial charge on any atom is 0.309 e. The minimum absolute atomic E-state index is 0. The van der Waals surface area contributed by atoms with Crippen molar-refractivity contribution in [2.24, 2.45) is 10.9 Å². The van der Waals surface area contributed by atoms with Gasteiger partial charge in [0.15, 0.2) is 5.96 Å². The van der Waals surface area contributed by atoms with Crippen LogP contribution in [0.2, 0.25) is 0 Å². The van der Waals surface area contributed by atoms with Crippen molar-refractivity contribution in [1.82, 2.24) is 10.2 Å². The number of guanidine groups is 1. The molecule has 6 nitrogen and oxygen atoms in total. The Hall–Kier alpha value is -1.51. The van der Waals surface area contributed by atoms with Crippen molar-refractivity contribution in [3.63, 3.8) is 0 Å². The molecule has 1 fully saturated rings. The third-order valence-electron chi connectivity index (χ3n) is 4.32. The van der Waals surface area contributed by atoms with Crippen molar-refractivity contribution in [2.75, 3.05) is 32.8 Å². The quantitative estimate of drug-likeness (QED) is 0.287. The molecule has 1 aliphatic heterocycles. The Balaban J connectivity index is 0.00000338. The normalized spacial score (nSPS) is 15.3. The van der Waals surface area contributed by atoms with Crippen molar-refractivity contribution in [3.8, 4) is 5.75 Å². The maximum absolute atomic E-state index is 11.8. The van der Waals surface area contributed by atoms with Crippen LogP contribution in [0.1, 0.15) is 32.3 Å². The number of carbonyl (C=O) groups is 1. The lowest BCUT2D eigenvalue weighted by Gasteiger charge is -2.33. The number of aromatic hydroxyl groups is 1. The first-order valence-electron chi connectivity index (χ1n) is 9.11. The number of phenols is 1. The molecule has 1 aromatic rings. The van der Waals surface area contributed by atoms with E-state index in [4.69, 9.17) is 9.73 Å². The minimum Gasteiger partial charge on any atom is -0.508 e. The molecule has 1 aromatic carbocycles. The van der Waals surface area contributed by atoms with Crippen LogP contribution >= 0.6 is 24.0 Å². The van der Waals surface area contributed by atoms with Crippen molar-refractivity contribution in [3.05, 3.63) is 29.8 Å². The van der Waals surface area contributed by atoms with Crippen LogP contribution in [-0.4, -0.2) is 54.7 Å². The standard InChI is InChI=1S/C19H29N3O3.HI/c1-3-20-19(21-11-8-15-6-5-7-17(23)14-15)22-12-9-16(10-13-22)18(24)25-4-2;/h5-7,14,16,23H,3-4,8-13H2,1-2H3,(H,20,21);1H. The molecule has 0 unspecified atom stereocenters. The maximum atomic E-state index is 11.8. The van der Waals surface area contributed by atoms with E-state index in [9.17, 15) is 9.90 Å². The average Bonchev–Trinajstić information content (AvgIpc) is 2.61. The number of piperidine rings is 1. The Bertz CT molecular complexity index is 587. The number of nitrogens with one attached hydrogen (secondary N) is 1. The molecule has 146 valence electrons. The summed E-state index contributed by atoms with van der Waals surface area (Å²) in [7, 11) is 0. The molecule has 0 amide bonds. The van der Waals surface area contributed by atoms with Crippen LogP contribution in [0, 0.1) is 5.92 Å². The third-order valence-corrected chi connectivity index (χ3v) is 4.32. The Morgan fingerprint density at radius 3 is 2.69 bits per heavy atom. The molecule has 0 saturated carbocycles. The van der Waals surface area contributed by atoms with Gasteiger partial charge in [-0.15, -0.1) is 24.0 Å². The highest BCUT2D eigenvalue weighted by molar-refractivity contribution is 14.0. The number of aliphatic imine (C=N–C) groups is 1. The van der Waals surface area contributed by atoms with E-state index in [-0.39, 0.29) is 41.6 Å². The molecule has 1 aliphatic rings. The van der Waals surface area contributed by atoms with Crippen LogP contribution < -0.4 is 5.32 Å². The number of halogens is 1. The van der Waals surface area contributed by atoms with Crippen molar-refractivity contribution in [2.45, 2.75) is 33.1 Å². The molecule has 0 spiro atoms. The van der Waals surface area contributed by atoms with Gasteiger partial charge in [-0.25, -0.2) is 0 Å². The molecular weight excluding hydrogens is 445 g/mol. The highest BCUT2D eigenvalue weighted by atomic mass is 127. The van der Waals surface area contributed by atoms with E-state index in [0.717, 1.165) is 50.4 Å². The fourth-order valence-electron chi connectivity index (χ4n) is 3.02. The lowest BCUT2D eigenvalue weighted by molar-refractivity contribution is -0.149. The Labute approximate surface area is 173 Å². The van der Waals surface area contributed by atoms with Gasteiger partial charge >= 0.3 is 5.97 Å². The molecule has 0 aliphatic carbocycles. The molecule has 0 aromatic heterocycles. The zero-order valence-electron chi connectivity index (χ0n) is 15.6. The summed E-state index contributed by atoms with van der Waals surface area (Å²) in [5.41, 5.74) is 1.07. The number of hydrogen-bond acceptors (Lipinski definition) is 4. The van der Waals surface area contributed by atoms with Crippen LogP contribution in [0.3, 0.4) is 0 Å². The zero-order valence-corrected chi connectivity index (χ0v) is 17.9. The van der Waals surface area contributed by atoms with Gasteiger partial charge in [-0.1, -0.05) is 12.1 Å². The van der Waals surface area contributed by atoms with Crippen LogP contribution in [0.4, 0.5) is 0 Å². The first-order valence-corrected chi connectivity index (χ1v) is 9.11. The molecule has 0 radical (unpaired) electrons. The van der Waals surface area contributed by atoms with E-state index < -0.39 is 0 Å². The van der Waals surface area contributed by atoms with Crippen molar-refractivity contribution in [1.29, 1.82) is 0 Å². The van der Waals surface area contributed by atoms with Gasteiger partial charge in [-0.3, -0.25) is 9.79 Å². The third kappa shape index (κ3) is 7.01. The summed E-state index contributed by atoms with van der Waals surface area (Å²) in [4.78, 5) is 18.8. The highest BCUT2D eigenvalue weighted by Gasteiger charge is 2.27. The van der Waals surface area contributed by atoms with Gasteiger partial charge in [0, 0.05) is 26.2 Å². The van der Waals surface area contributed by atoms with E-state index in [0.29, 0.717) is 13.2 Å². The van der Waals surface area contributed by atoms with E-state index in [1.54, 1.807) is 12.1 Å². The zero-order chi connectivity index (χ0) is 18.1. The fraction of sp³-hybridized carbons (Fsp3) is 0.579. The second-order valence-electron chi connectivity index (χ2n) is 6.17. The van der Waals surface area contributed by atoms with Crippen molar-refractivity contribution < 1.29 is 14.6 Å². The number of esters is 1. The van der Waals surface area contributed by atoms with Crippen molar-refractivity contribution >= 4 is 35.9 Å². The van der Waals surface area contributed by atoms with Gasteiger partial charge in [0.05, 0.1) is 12.5 Å². The van der Waals surface area contributed by atoms with Gasteiger partial charge in [-0.2, -0.15) is 0 Å². The number of phenolic OH excluding ortho intramolecular Hbond substituents is 1. The molecule has 26 heavy (non-hydrogen) atoms. The molecule has 2 rings (SSSR count). The molecule has 0 bridgehead atoms. The topological polar surface area (TPSA) is 74.2 Å². The molecule has 1 saturated heterocycles. The number of likely N-dealkylation sites (tertiary alicyclic amines) is 1. The second-order valence-corrected chi connectivity index (χ2v) is 6.17. The number of carbonyl (C=O) groups excluding carboxylic acids is 1. The van der Waals surface area contributed by atoms with E-state index in [2.05, 4.69) is 17.1 Å². The highest BCUT2D eigenvalue weighted by Crippen LogP contribution is 2.19. The summed E-state index contributed by atoms with van der Waals surface area (Å²) < 4.78 is 5.12. The van der Waals surface area contributed by atoms with Crippen LogP contribution in [-0.2, 0) is 16.0 Å². The van der Waals surface area contributed by atoms with E-state index in [1.807, 2.05) is 19.1 Å². The first-order chi connectivity index (χ1) is 12.1. The van der Waals surface area contributed by atoms with Gasteiger partial charge in [0.1, 0.15) is 5.75 Å². The molecule has 2 N–H and O–H groups in total. The minimum atomic E-state index is -0.0759. The predicted octanol–water partition coefficient (Wildman–Crippen LogP) is 2.79. The number of nitrogens with zero attached hydrogens (tertiary/aromatic N) is 2.